The summed E-state index contributed by atoms with van der Waals surface area (Å²) in [7, 11) is -6.83. The van der Waals surface area contributed by atoms with Crippen molar-refractivity contribution in [3.8, 4) is 0 Å². The Morgan fingerprint density at radius 2 is 0.252 bits per heavy atom. The summed E-state index contributed by atoms with van der Waals surface area (Å²) in [6, 6.07) is 23.2. The first-order valence-corrected chi connectivity index (χ1v) is 53.0. The third kappa shape index (κ3) is 32.3. The highest BCUT2D eigenvalue weighted by molar-refractivity contribution is 6.92. The molecule has 0 aliphatic rings. The van der Waals surface area contributed by atoms with E-state index in [0.717, 1.165) is 77.0 Å². The SMILES string of the molecule is CC(C)(C)CC(C)(C)c1cc([SiH](O[SiH](c2cc(C(C)(C)CC(C)(C)C)cc(C(C)(C)CC(C)(C)C)c2C(C)(C)CC(C)(C)C)c2cc(C(C)(C)CC(C)(C)C)cc(C(C)(C)CC(C)(C)C)c2C(C)(C)CC(C)(C)C)c2cc(C(C)(C)CC(C)(C)C)cc(C(C)(C)CC(C)(C)C)c2C(C)(C)CC(C)(C)C)c(C(C)(C)CC(C)(C)C)c(C(C)(C)CC(C)(C)C)c1. The van der Waals surface area contributed by atoms with Crippen LogP contribution in [0.15, 0.2) is 48.5 Å². The Morgan fingerprint density at radius 1 is 0.146 bits per heavy atom. The van der Waals surface area contributed by atoms with Crippen LogP contribution in [0.3, 0.4) is 0 Å². The van der Waals surface area contributed by atoms with Gasteiger partial charge in [-0.25, -0.2) is 0 Å². The van der Waals surface area contributed by atoms with Crippen molar-refractivity contribution in [1.82, 2.24) is 0 Å². The lowest BCUT2D eigenvalue weighted by molar-refractivity contribution is 0.262. The van der Waals surface area contributed by atoms with E-state index in [9.17, 15) is 4.12 Å². The molecular formula is C120H214OSi2. The Balaban J connectivity index is 3.34. The largest absolute Gasteiger partial charge is 0.446 e. The van der Waals surface area contributed by atoms with Crippen molar-refractivity contribution in [2.24, 2.45) is 65.0 Å². The summed E-state index contributed by atoms with van der Waals surface area (Å²) in [5.41, 5.74) is 15.1. The first-order chi connectivity index (χ1) is 53.3. The Labute approximate surface area is 775 Å². The number of benzene rings is 4. The molecular weight excluding hydrogens is 1510 g/mol. The fourth-order valence-corrected chi connectivity index (χ4v) is 36.7. The maximum Gasteiger partial charge on any atom is 0.229 e. The number of rotatable bonds is 30. The van der Waals surface area contributed by atoms with E-state index in [-0.39, 0.29) is 130 Å². The quantitative estimate of drug-likeness (QED) is 0.0473. The molecule has 0 radical (unpaired) electrons. The van der Waals surface area contributed by atoms with Crippen molar-refractivity contribution in [2.75, 3.05) is 0 Å². The average molecular weight is 1730 g/mol. The Bertz CT molecular complexity index is 3680. The molecule has 123 heavy (non-hydrogen) atoms. The van der Waals surface area contributed by atoms with Crippen LogP contribution in [-0.4, -0.2) is 18.1 Å². The van der Waals surface area contributed by atoms with E-state index in [0.29, 0.717) is 0 Å². The van der Waals surface area contributed by atoms with Gasteiger partial charge in [-0.05, 0) is 295 Å². The van der Waals surface area contributed by atoms with E-state index in [1.54, 1.807) is 44.5 Å². The van der Waals surface area contributed by atoms with Crippen LogP contribution >= 0.6 is 0 Å². The monoisotopic (exact) mass is 1730 g/mol. The molecule has 0 amide bonds. The molecule has 0 spiro atoms. The van der Waals surface area contributed by atoms with Crippen molar-refractivity contribution in [3.05, 3.63) is 115 Å². The summed E-state index contributed by atoms with van der Waals surface area (Å²) in [5, 5.41) is 6.16. The van der Waals surface area contributed by atoms with Gasteiger partial charge in [0.05, 0.1) is 0 Å². The maximum atomic E-state index is 10.7. The average Bonchev–Trinajstić information content (AvgIpc) is 0.710. The standard InChI is InChI=1S/C120H214OSi2/c1-97(2,3)69-109(37,38)81-61-85(113(45,46)73-101(13,14)15)93(117(53,54)77-105(25,26)27)89(65-81)122(90-66-82(110(39,40)70-98(4,5)6)62-86(114(47,48)74-102(16,17)18)94(90)118(55,56)78-106(28,29)30)121-123(91-67-83(111(41,42)71-99(7,8)9)63-87(115(49,50)75-103(19,20)21)95(91)119(57,58)79-107(31,32)33)92-68-84(112(43,44)72-100(10,11)12)64-88(116(51,52)76-104(22,23)24)96(92)120(59,60)80-108(34,35)36/h61-68,122-123H,69-80H2,1-60H3. The lowest BCUT2D eigenvalue weighted by Crippen LogP contribution is -2.62. The van der Waals surface area contributed by atoms with E-state index < -0.39 is 18.1 Å². The van der Waals surface area contributed by atoms with E-state index in [1.807, 2.05) is 0 Å². The minimum absolute atomic E-state index is 0.0169. The van der Waals surface area contributed by atoms with Crippen molar-refractivity contribution < 1.29 is 4.12 Å². The molecule has 0 fully saturated rings. The van der Waals surface area contributed by atoms with Gasteiger partial charge in [-0.15, -0.1) is 0 Å². The number of hydrogen-bond donors (Lipinski definition) is 0. The number of hydrogen-bond acceptors (Lipinski definition) is 1. The van der Waals surface area contributed by atoms with Gasteiger partial charge >= 0.3 is 0 Å². The molecule has 4 aromatic rings. The fourth-order valence-electron chi connectivity index (χ4n) is 28.0. The van der Waals surface area contributed by atoms with Crippen LogP contribution in [0.5, 0.6) is 0 Å². The highest BCUT2D eigenvalue weighted by Crippen LogP contribution is 2.55. The molecule has 0 saturated heterocycles. The minimum atomic E-state index is -3.42. The lowest BCUT2D eigenvalue weighted by atomic mass is 9.63. The Kier molecular flexibility index (Phi) is 32.7. The second-order valence-corrected chi connectivity index (χ2v) is 69.4. The summed E-state index contributed by atoms with van der Waals surface area (Å²) in [6.07, 6.45) is 12.3. The molecule has 0 bridgehead atoms. The molecule has 0 aliphatic carbocycles. The molecule has 0 aromatic heterocycles. The van der Waals surface area contributed by atoms with Gasteiger partial charge in [-0.3, -0.25) is 0 Å². The van der Waals surface area contributed by atoms with Crippen molar-refractivity contribution >= 4 is 38.8 Å². The first-order valence-electron chi connectivity index (χ1n) is 49.7. The van der Waals surface area contributed by atoms with Crippen LogP contribution in [0.4, 0.5) is 0 Å². The van der Waals surface area contributed by atoms with Crippen LogP contribution in [-0.2, 0) is 69.1 Å². The molecule has 3 heteroatoms. The van der Waals surface area contributed by atoms with Gasteiger partial charge in [0, 0.05) is 0 Å². The van der Waals surface area contributed by atoms with Gasteiger partial charge in [-0.1, -0.05) is 464 Å². The van der Waals surface area contributed by atoms with E-state index in [2.05, 4.69) is 464 Å². The molecule has 0 heterocycles. The smallest absolute Gasteiger partial charge is 0.229 e. The van der Waals surface area contributed by atoms with Crippen LogP contribution in [0, 0.1) is 65.0 Å². The summed E-state index contributed by atoms with van der Waals surface area (Å²) >= 11 is 0. The van der Waals surface area contributed by atoms with Gasteiger partial charge in [0.2, 0.25) is 18.1 Å². The minimum Gasteiger partial charge on any atom is -0.446 e. The third-order valence-electron chi connectivity index (χ3n) is 26.5. The predicted octanol–water partition coefficient (Wildman–Crippen LogP) is 34.6. The van der Waals surface area contributed by atoms with Crippen LogP contribution < -0.4 is 20.7 Å². The molecule has 0 aliphatic heterocycles. The van der Waals surface area contributed by atoms with Gasteiger partial charge < -0.3 is 4.12 Å². The molecule has 1 nitrogen and oxygen atoms in total. The summed E-state index contributed by atoms with van der Waals surface area (Å²) < 4.78 is 10.7. The normalized spacial score (nSPS) is 15.4. The van der Waals surface area contributed by atoms with Crippen molar-refractivity contribution in [1.29, 1.82) is 0 Å². The van der Waals surface area contributed by atoms with E-state index >= 15 is 0 Å². The summed E-state index contributed by atoms with van der Waals surface area (Å²) in [5.74, 6) is 0. The highest BCUT2D eigenvalue weighted by Gasteiger charge is 2.52. The van der Waals surface area contributed by atoms with Crippen molar-refractivity contribution in [3.63, 3.8) is 0 Å². The first kappa shape index (κ1) is 113. The lowest BCUT2D eigenvalue weighted by Gasteiger charge is -2.47. The van der Waals surface area contributed by atoms with Gasteiger partial charge in [0.1, 0.15) is 0 Å². The third-order valence-corrected chi connectivity index (χ3v) is 32.8. The molecule has 4 aromatic carbocycles. The van der Waals surface area contributed by atoms with Gasteiger partial charge in [0.25, 0.3) is 0 Å². The Hall–Kier alpha value is -2.73. The van der Waals surface area contributed by atoms with Crippen LogP contribution in [0.25, 0.3) is 0 Å². The molecule has 0 N–H and O–H groups in total. The van der Waals surface area contributed by atoms with Gasteiger partial charge in [-0.2, -0.15) is 0 Å². The summed E-state index contributed by atoms with van der Waals surface area (Å²) in [6.45, 7) is 155. The van der Waals surface area contributed by atoms with Crippen LogP contribution in [0.1, 0.15) is 559 Å². The van der Waals surface area contributed by atoms with Crippen LogP contribution in [0.2, 0.25) is 0 Å². The zero-order chi connectivity index (χ0) is 97.2. The second-order valence-electron chi connectivity index (χ2n) is 64.3. The fraction of sp³-hybridized carbons (Fsp3) is 0.800. The highest BCUT2D eigenvalue weighted by atomic mass is 28.4. The predicted molar refractivity (Wildman–Crippen MR) is 565 cm³/mol. The second kappa shape index (κ2) is 35.7. The van der Waals surface area contributed by atoms with E-state index in [4.69, 9.17) is 0 Å². The zero-order valence-electron chi connectivity index (χ0n) is 94.7. The molecule has 4 rings (SSSR count). The molecule has 708 valence electrons. The zero-order valence-corrected chi connectivity index (χ0v) is 97.0. The van der Waals surface area contributed by atoms with E-state index in [1.165, 1.54) is 43.0 Å². The topological polar surface area (TPSA) is 9.23 Å². The van der Waals surface area contributed by atoms with Gasteiger partial charge in [0.15, 0.2) is 0 Å². The summed E-state index contributed by atoms with van der Waals surface area (Å²) in [4.78, 5) is 0. The maximum absolute atomic E-state index is 10.7. The Morgan fingerprint density at radius 3 is 0.366 bits per heavy atom. The van der Waals surface area contributed by atoms with Crippen molar-refractivity contribution in [2.45, 2.75) is 557 Å². The molecule has 0 atom stereocenters. The molecule has 0 unspecified atom stereocenters. The molecule has 0 saturated carbocycles.